The van der Waals surface area contributed by atoms with Crippen molar-refractivity contribution in [3.8, 4) is 0 Å². The molecular weight excluding hydrogens is 595 g/mol. The van der Waals surface area contributed by atoms with Crippen LogP contribution in [0.25, 0.3) is 0 Å². The predicted octanol–water partition coefficient (Wildman–Crippen LogP) is 13.4. The zero-order chi connectivity index (χ0) is 35.1. The Morgan fingerprint density at radius 1 is 0.694 bits per heavy atom. The van der Waals surface area contributed by atoms with Gasteiger partial charge in [0, 0.05) is 18.1 Å². The Labute approximate surface area is 306 Å². The molecule has 0 N–H and O–H groups in total. The standard InChI is InChI=1S/C47H85NO/c1-11-12-15-31(2)34-20-23-37(24-21-34)48(38-25-27-41-40-16-13-14-17-43(40)49-44(41)30-38)45-39(26-18-33(4)46(5,6)7)32(3)28-35-19-22-36(29-42(35)45)47(8,9)10/h31-45H,11-30H2,1-10H3. The molecular formula is C47H85NO. The van der Waals surface area contributed by atoms with Crippen molar-refractivity contribution in [2.75, 3.05) is 0 Å². The normalized spacial score (nSPS) is 43.0. The summed E-state index contributed by atoms with van der Waals surface area (Å²) in [5.41, 5.74) is 0.831. The van der Waals surface area contributed by atoms with Crippen molar-refractivity contribution in [3.63, 3.8) is 0 Å². The van der Waals surface area contributed by atoms with Crippen molar-refractivity contribution in [1.29, 1.82) is 0 Å². The average molecular weight is 680 g/mol. The largest absolute Gasteiger partial charge is 0.374 e. The molecule has 0 amide bonds. The van der Waals surface area contributed by atoms with E-state index in [-0.39, 0.29) is 0 Å². The van der Waals surface area contributed by atoms with Crippen LogP contribution in [0.3, 0.4) is 0 Å². The first-order valence-corrected chi connectivity index (χ1v) is 22.7. The number of unbranched alkanes of at least 4 members (excludes halogenated alkanes) is 1. The number of nitrogens with zero attached hydrogens (tertiary/aromatic N) is 1. The van der Waals surface area contributed by atoms with E-state index < -0.39 is 0 Å². The first-order valence-electron chi connectivity index (χ1n) is 22.7. The molecule has 6 rings (SSSR count). The minimum absolute atomic E-state index is 0.402. The molecule has 2 nitrogen and oxygen atoms in total. The Balaban J connectivity index is 1.32. The van der Waals surface area contributed by atoms with E-state index >= 15 is 0 Å². The Morgan fingerprint density at radius 3 is 2.08 bits per heavy atom. The molecule has 5 aliphatic carbocycles. The maximum absolute atomic E-state index is 7.12. The molecule has 0 aromatic rings. The summed E-state index contributed by atoms with van der Waals surface area (Å²) in [6, 6.07) is 2.33. The Kier molecular flexibility index (Phi) is 12.7. The minimum atomic E-state index is 0.402. The Bertz CT molecular complexity index is 1010. The van der Waals surface area contributed by atoms with Crippen molar-refractivity contribution >= 4 is 0 Å². The molecule has 1 saturated heterocycles. The zero-order valence-corrected chi connectivity index (χ0v) is 34.7. The molecule has 1 aliphatic heterocycles. The first-order chi connectivity index (χ1) is 23.3. The summed E-state index contributed by atoms with van der Waals surface area (Å²) >= 11 is 0. The van der Waals surface area contributed by atoms with Gasteiger partial charge in [-0.15, -0.1) is 0 Å². The van der Waals surface area contributed by atoms with Crippen molar-refractivity contribution in [2.24, 2.45) is 70.0 Å². The van der Waals surface area contributed by atoms with Crippen LogP contribution in [-0.2, 0) is 4.74 Å². The van der Waals surface area contributed by atoms with E-state index in [2.05, 4.69) is 74.1 Å². The molecule has 0 radical (unpaired) electrons. The van der Waals surface area contributed by atoms with E-state index in [9.17, 15) is 0 Å². The van der Waals surface area contributed by atoms with E-state index in [1.807, 2.05) is 0 Å². The van der Waals surface area contributed by atoms with Gasteiger partial charge in [-0.1, -0.05) is 101 Å². The molecule has 0 aromatic carbocycles. The third-order valence-electron chi connectivity index (χ3n) is 17.2. The van der Waals surface area contributed by atoms with Gasteiger partial charge in [-0.05, 0) is 166 Å². The minimum Gasteiger partial charge on any atom is -0.374 e. The van der Waals surface area contributed by atoms with E-state index in [4.69, 9.17) is 4.74 Å². The van der Waals surface area contributed by atoms with E-state index in [1.54, 1.807) is 0 Å². The molecule has 6 aliphatic rings. The maximum Gasteiger partial charge on any atom is 0.0625 e. The van der Waals surface area contributed by atoms with Crippen molar-refractivity contribution in [2.45, 2.75) is 228 Å². The van der Waals surface area contributed by atoms with Crippen LogP contribution in [0.4, 0.5) is 0 Å². The molecule has 13 atom stereocenters. The van der Waals surface area contributed by atoms with Crippen molar-refractivity contribution in [1.82, 2.24) is 4.90 Å². The second-order valence-corrected chi connectivity index (χ2v) is 21.9. The fraction of sp³-hybridized carbons (Fsp3) is 1.00. The van der Waals surface area contributed by atoms with Crippen molar-refractivity contribution < 1.29 is 4.74 Å². The van der Waals surface area contributed by atoms with Gasteiger partial charge in [-0.2, -0.15) is 0 Å². The quantitative estimate of drug-likeness (QED) is 0.228. The van der Waals surface area contributed by atoms with E-state index in [1.165, 1.54) is 128 Å². The molecule has 0 bridgehead atoms. The van der Waals surface area contributed by atoms with Gasteiger partial charge in [-0.25, -0.2) is 0 Å². The highest BCUT2D eigenvalue weighted by molar-refractivity contribution is 5.06. The highest BCUT2D eigenvalue weighted by Crippen LogP contribution is 2.56. The number of rotatable bonds is 10. The third-order valence-corrected chi connectivity index (χ3v) is 17.2. The lowest BCUT2D eigenvalue weighted by molar-refractivity contribution is -0.109. The number of hydrogen-bond acceptors (Lipinski definition) is 2. The second kappa shape index (κ2) is 16.1. The summed E-state index contributed by atoms with van der Waals surface area (Å²) in [6.45, 7) is 25.5. The lowest BCUT2D eigenvalue weighted by Crippen LogP contribution is -2.62. The number of fused-ring (bicyclic) bond motifs is 4. The zero-order valence-electron chi connectivity index (χ0n) is 34.7. The molecule has 6 fully saturated rings. The van der Waals surface area contributed by atoms with Gasteiger partial charge >= 0.3 is 0 Å². The van der Waals surface area contributed by atoms with Crippen molar-refractivity contribution in [3.05, 3.63) is 0 Å². The molecule has 5 saturated carbocycles. The van der Waals surface area contributed by atoms with Gasteiger partial charge < -0.3 is 4.74 Å². The highest BCUT2D eigenvalue weighted by Gasteiger charge is 2.54. The van der Waals surface area contributed by atoms with E-state index in [0.717, 1.165) is 77.3 Å². The summed E-state index contributed by atoms with van der Waals surface area (Å²) in [6.07, 6.45) is 30.0. The van der Waals surface area contributed by atoms with Gasteiger partial charge in [0.2, 0.25) is 0 Å². The van der Waals surface area contributed by atoms with Crippen LogP contribution in [0.2, 0.25) is 0 Å². The lowest BCUT2D eigenvalue weighted by atomic mass is 9.54. The number of hydrogen-bond donors (Lipinski definition) is 0. The summed E-state index contributed by atoms with van der Waals surface area (Å²) in [5.74, 6) is 8.85. The van der Waals surface area contributed by atoms with Crippen LogP contribution in [0.1, 0.15) is 198 Å². The SMILES string of the molecule is CCCCC(C)C1CCC(N(C2CCC3C(C2)OC2CCCCC23)C2C(CCC(C)C(C)(C)C)C(C)CC3CCC(C(C)(C)C)CC32)CC1. The van der Waals surface area contributed by atoms with Crippen LogP contribution in [0.5, 0.6) is 0 Å². The smallest absolute Gasteiger partial charge is 0.0625 e. The highest BCUT2D eigenvalue weighted by atomic mass is 16.5. The van der Waals surface area contributed by atoms with Crippen LogP contribution in [0, 0.1) is 70.0 Å². The summed E-state index contributed by atoms with van der Waals surface area (Å²) in [5, 5.41) is 0. The summed E-state index contributed by atoms with van der Waals surface area (Å²) in [4.78, 5) is 3.42. The monoisotopic (exact) mass is 680 g/mol. The Morgan fingerprint density at radius 2 is 1.39 bits per heavy atom. The van der Waals surface area contributed by atoms with Crippen LogP contribution < -0.4 is 0 Å². The van der Waals surface area contributed by atoms with Gasteiger partial charge in [-0.3, -0.25) is 4.90 Å². The van der Waals surface area contributed by atoms with Gasteiger partial charge in [0.05, 0.1) is 12.2 Å². The lowest BCUT2D eigenvalue weighted by Gasteiger charge is -2.59. The van der Waals surface area contributed by atoms with Crippen LogP contribution in [0.15, 0.2) is 0 Å². The van der Waals surface area contributed by atoms with Crippen LogP contribution >= 0.6 is 0 Å². The third kappa shape index (κ3) is 8.68. The topological polar surface area (TPSA) is 12.5 Å². The predicted molar refractivity (Wildman–Crippen MR) is 211 cm³/mol. The Hall–Kier alpha value is -0.0800. The fourth-order valence-electron chi connectivity index (χ4n) is 13.4. The fourth-order valence-corrected chi connectivity index (χ4v) is 13.4. The first kappa shape index (κ1) is 38.6. The summed E-state index contributed by atoms with van der Waals surface area (Å²) < 4.78 is 7.12. The van der Waals surface area contributed by atoms with Crippen LogP contribution in [-0.4, -0.2) is 35.2 Å². The second-order valence-electron chi connectivity index (χ2n) is 21.9. The molecule has 13 unspecified atom stereocenters. The molecule has 2 heteroatoms. The molecule has 1 heterocycles. The van der Waals surface area contributed by atoms with Gasteiger partial charge in [0.1, 0.15) is 0 Å². The average Bonchev–Trinajstić information content (AvgIpc) is 3.44. The van der Waals surface area contributed by atoms with E-state index in [0.29, 0.717) is 23.0 Å². The molecule has 284 valence electrons. The summed E-state index contributed by atoms with van der Waals surface area (Å²) in [7, 11) is 0. The van der Waals surface area contributed by atoms with Gasteiger partial charge in [0.15, 0.2) is 0 Å². The molecule has 0 aromatic heterocycles. The molecule has 49 heavy (non-hydrogen) atoms. The maximum atomic E-state index is 7.12. The van der Waals surface area contributed by atoms with Gasteiger partial charge in [0.25, 0.3) is 0 Å². The molecule has 0 spiro atoms. The number of ether oxygens (including phenoxy) is 1.